The number of halogens is 3. The van der Waals surface area contributed by atoms with Crippen molar-refractivity contribution in [2.75, 3.05) is 18.5 Å². The minimum absolute atomic E-state index is 0.0217. The van der Waals surface area contributed by atoms with Crippen LogP contribution in [0.3, 0.4) is 0 Å². The molecule has 0 bridgehead atoms. The van der Waals surface area contributed by atoms with Crippen LogP contribution in [0.1, 0.15) is 28.2 Å². The summed E-state index contributed by atoms with van der Waals surface area (Å²) in [7, 11) is 0. The zero-order valence-corrected chi connectivity index (χ0v) is 18.0. The number of imidazole rings is 1. The number of pyridine rings is 1. The standard InChI is InChI=1S/C23H20F3N5O3/c1-14-11-15(12-21(28-14)34-10-4-9-32)29-22(33)19-13-27-20-8-7-18(30-31(19)20)16-5-2-3-6-17(16)23(24,25)26/h2-3,5-8,11-13,32H,4,9-10H2,1H3,(H,28,29,33). The summed E-state index contributed by atoms with van der Waals surface area (Å²) in [5.74, 6) is -0.278. The summed E-state index contributed by atoms with van der Waals surface area (Å²) < 4.78 is 47.1. The minimum Gasteiger partial charge on any atom is -0.478 e. The normalized spacial score (nSPS) is 11.6. The Morgan fingerprint density at radius 1 is 1.18 bits per heavy atom. The molecular weight excluding hydrogens is 451 g/mol. The number of aliphatic hydroxyl groups is 1. The first-order valence-corrected chi connectivity index (χ1v) is 10.3. The van der Waals surface area contributed by atoms with Crippen LogP contribution in [-0.2, 0) is 6.18 Å². The average Bonchev–Trinajstić information content (AvgIpc) is 3.22. The SMILES string of the molecule is Cc1cc(NC(=O)c2cnc3ccc(-c4ccccc4C(F)(F)F)nn23)cc(OCCCO)n1. The predicted octanol–water partition coefficient (Wildman–Crippen LogP) is 4.13. The number of aryl methyl sites for hydroxylation is 1. The van der Waals surface area contributed by atoms with E-state index in [1.54, 1.807) is 13.0 Å². The highest BCUT2D eigenvalue weighted by Gasteiger charge is 2.33. The molecule has 4 rings (SSSR count). The monoisotopic (exact) mass is 471 g/mol. The van der Waals surface area contributed by atoms with Crippen LogP contribution in [0.4, 0.5) is 18.9 Å². The van der Waals surface area contributed by atoms with Crippen molar-refractivity contribution >= 4 is 17.2 Å². The molecule has 3 aromatic heterocycles. The molecule has 0 fully saturated rings. The lowest BCUT2D eigenvalue weighted by atomic mass is 10.0. The quantitative estimate of drug-likeness (QED) is 0.393. The third kappa shape index (κ3) is 4.99. The molecule has 0 atom stereocenters. The second-order valence-corrected chi connectivity index (χ2v) is 7.39. The summed E-state index contributed by atoms with van der Waals surface area (Å²) in [6.07, 6.45) is -2.83. The van der Waals surface area contributed by atoms with Crippen LogP contribution in [0.25, 0.3) is 16.9 Å². The number of carbonyl (C=O) groups is 1. The number of ether oxygens (including phenoxy) is 1. The van der Waals surface area contributed by atoms with Crippen LogP contribution in [-0.4, -0.2) is 43.8 Å². The number of nitrogens with zero attached hydrogens (tertiary/aromatic N) is 4. The van der Waals surface area contributed by atoms with Gasteiger partial charge < -0.3 is 15.2 Å². The molecule has 0 spiro atoms. The lowest BCUT2D eigenvalue weighted by Crippen LogP contribution is -2.16. The van der Waals surface area contributed by atoms with Crippen molar-refractivity contribution in [2.24, 2.45) is 0 Å². The van der Waals surface area contributed by atoms with Gasteiger partial charge in [0, 0.05) is 36.0 Å². The van der Waals surface area contributed by atoms with E-state index >= 15 is 0 Å². The second-order valence-electron chi connectivity index (χ2n) is 7.39. The lowest BCUT2D eigenvalue weighted by molar-refractivity contribution is -0.137. The number of nitrogens with one attached hydrogen (secondary N) is 1. The Hall–Kier alpha value is -3.99. The number of benzene rings is 1. The van der Waals surface area contributed by atoms with E-state index in [1.807, 2.05) is 0 Å². The van der Waals surface area contributed by atoms with E-state index in [0.29, 0.717) is 23.4 Å². The number of amides is 1. The Morgan fingerprint density at radius 2 is 1.97 bits per heavy atom. The fourth-order valence-corrected chi connectivity index (χ4v) is 3.35. The maximum atomic E-state index is 13.5. The van der Waals surface area contributed by atoms with Gasteiger partial charge >= 0.3 is 6.18 Å². The van der Waals surface area contributed by atoms with Gasteiger partial charge in [-0.05, 0) is 31.2 Å². The van der Waals surface area contributed by atoms with Gasteiger partial charge in [0.1, 0.15) is 0 Å². The van der Waals surface area contributed by atoms with Gasteiger partial charge in [-0.1, -0.05) is 18.2 Å². The molecule has 0 aliphatic carbocycles. The smallest absolute Gasteiger partial charge is 0.417 e. The second kappa shape index (κ2) is 9.48. The molecule has 0 aliphatic rings. The molecule has 11 heteroatoms. The molecule has 0 saturated carbocycles. The van der Waals surface area contributed by atoms with Gasteiger partial charge in [-0.15, -0.1) is 0 Å². The topological polar surface area (TPSA) is 102 Å². The highest BCUT2D eigenvalue weighted by Crippen LogP contribution is 2.36. The van der Waals surface area contributed by atoms with Gasteiger partial charge in [-0.2, -0.15) is 18.3 Å². The summed E-state index contributed by atoms with van der Waals surface area (Å²) >= 11 is 0. The van der Waals surface area contributed by atoms with Crippen molar-refractivity contribution in [2.45, 2.75) is 19.5 Å². The number of hydrogen-bond acceptors (Lipinski definition) is 6. The molecule has 34 heavy (non-hydrogen) atoms. The molecule has 4 aromatic rings. The van der Waals surface area contributed by atoms with Crippen molar-refractivity contribution in [3.63, 3.8) is 0 Å². The Labute approximate surface area is 192 Å². The fraction of sp³-hybridized carbons (Fsp3) is 0.217. The van der Waals surface area contributed by atoms with Gasteiger partial charge in [-0.3, -0.25) is 4.79 Å². The van der Waals surface area contributed by atoms with Gasteiger partial charge in [-0.25, -0.2) is 14.5 Å². The highest BCUT2D eigenvalue weighted by atomic mass is 19.4. The molecule has 0 saturated heterocycles. The molecule has 176 valence electrons. The Kier molecular flexibility index (Phi) is 6.46. The van der Waals surface area contributed by atoms with E-state index in [9.17, 15) is 18.0 Å². The zero-order chi connectivity index (χ0) is 24.3. The predicted molar refractivity (Wildman–Crippen MR) is 118 cm³/mol. The van der Waals surface area contributed by atoms with E-state index in [0.717, 1.165) is 6.07 Å². The van der Waals surface area contributed by atoms with Crippen molar-refractivity contribution in [3.05, 3.63) is 71.7 Å². The summed E-state index contributed by atoms with van der Waals surface area (Å²) in [6, 6.07) is 11.2. The van der Waals surface area contributed by atoms with Gasteiger partial charge in [0.15, 0.2) is 11.3 Å². The minimum atomic E-state index is -4.56. The molecule has 0 aliphatic heterocycles. The maximum Gasteiger partial charge on any atom is 0.417 e. The number of aromatic nitrogens is 4. The number of fused-ring (bicyclic) bond motifs is 1. The molecule has 0 unspecified atom stereocenters. The molecule has 8 nitrogen and oxygen atoms in total. The zero-order valence-electron chi connectivity index (χ0n) is 18.0. The van der Waals surface area contributed by atoms with Crippen LogP contribution < -0.4 is 10.1 Å². The largest absolute Gasteiger partial charge is 0.478 e. The maximum absolute atomic E-state index is 13.5. The first kappa shape index (κ1) is 23.2. The molecular formula is C23H20F3N5O3. The molecule has 1 amide bonds. The summed E-state index contributed by atoms with van der Waals surface area (Å²) in [5, 5.41) is 15.9. The van der Waals surface area contributed by atoms with Crippen molar-refractivity contribution in [1.29, 1.82) is 0 Å². The lowest BCUT2D eigenvalue weighted by Gasteiger charge is -2.12. The Bertz CT molecular complexity index is 1340. The van der Waals surface area contributed by atoms with E-state index < -0.39 is 17.6 Å². The number of carbonyl (C=O) groups excluding carboxylic acids is 1. The third-order valence-electron chi connectivity index (χ3n) is 4.84. The van der Waals surface area contributed by atoms with Crippen molar-refractivity contribution in [1.82, 2.24) is 19.6 Å². The highest BCUT2D eigenvalue weighted by molar-refractivity contribution is 6.03. The van der Waals surface area contributed by atoms with E-state index in [1.165, 1.54) is 47.1 Å². The third-order valence-corrected chi connectivity index (χ3v) is 4.84. The first-order valence-electron chi connectivity index (χ1n) is 10.3. The number of alkyl halides is 3. The molecule has 2 N–H and O–H groups in total. The number of anilines is 1. The number of hydrogen-bond donors (Lipinski definition) is 2. The molecule has 0 radical (unpaired) electrons. The van der Waals surface area contributed by atoms with Crippen LogP contribution in [0.5, 0.6) is 5.88 Å². The molecule has 3 heterocycles. The average molecular weight is 471 g/mol. The van der Waals surface area contributed by atoms with E-state index in [4.69, 9.17) is 9.84 Å². The van der Waals surface area contributed by atoms with Crippen LogP contribution in [0.15, 0.2) is 54.7 Å². The number of aliphatic hydroxyl groups excluding tert-OH is 1. The van der Waals surface area contributed by atoms with Crippen LogP contribution >= 0.6 is 0 Å². The summed E-state index contributed by atoms with van der Waals surface area (Å²) in [6.45, 7) is 1.97. The van der Waals surface area contributed by atoms with Crippen LogP contribution in [0.2, 0.25) is 0 Å². The summed E-state index contributed by atoms with van der Waals surface area (Å²) in [4.78, 5) is 21.3. The van der Waals surface area contributed by atoms with Gasteiger partial charge in [0.05, 0.1) is 24.1 Å². The molecule has 1 aromatic carbocycles. The van der Waals surface area contributed by atoms with E-state index in [2.05, 4.69) is 20.4 Å². The fourth-order valence-electron chi connectivity index (χ4n) is 3.35. The Morgan fingerprint density at radius 3 is 2.74 bits per heavy atom. The van der Waals surface area contributed by atoms with E-state index in [-0.39, 0.29) is 36.0 Å². The Balaban J connectivity index is 1.65. The van der Waals surface area contributed by atoms with Crippen molar-refractivity contribution in [3.8, 4) is 17.1 Å². The van der Waals surface area contributed by atoms with Crippen LogP contribution in [0, 0.1) is 6.92 Å². The van der Waals surface area contributed by atoms with Crippen molar-refractivity contribution < 1.29 is 27.8 Å². The van der Waals surface area contributed by atoms with Gasteiger partial charge in [0.25, 0.3) is 5.91 Å². The van der Waals surface area contributed by atoms with Gasteiger partial charge in [0.2, 0.25) is 5.88 Å². The summed E-state index contributed by atoms with van der Waals surface area (Å²) in [5.41, 5.74) is 0.465. The first-order chi connectivity index (χ1) is 16.3. The number of rotatable bonds is 7.